The number of allylic oxidation sites excluding steroid dienone is 6. The number of carbonyl (C=O) groups excluding carboxylic acids is 2. The van der Waals surface area contributed by atoms with E-state index < -0.39 is 0 Å². The van der Waals surface area contributed by atoms with Crippen molar-refractivity contribution in [2.75, 3.05) is 0 Å². The van der Waals surface area contributed by atoms with Crippen LogP contribution >= 0.6 is 0 Å². The Hall–Kier alpha value is -2.88. The van der Waals surface area contributed by atoms with Crippen LogP contribution in [-0.4, -0.2) is 11.6 Å². The molecule has 0 saturated carbocycles. The Labute approximate surface area is 141 Å². The molecule has 4 nitrogen and oxygen atoms in total. The highest BCUT2D eigenvalue weighted by Crippen LogP contribution is 2.33. The highest BCUT2D eigenvalue weighted by Gasteiger charge is 2.32. The van der Waals surface area contributed by atoms with E-state index in [2.05, 4.69) is 6.92 Å². The van der Waals surface area contributed by atoms with Crippen LogP contribution in [0.2, 0.25) is 0 Å². The van der Waals surface area contributed by atoms with Gasteiger partial charge in [0.05, 0.1) is 11.1 Å². The van der Waals surface area contributed by atoms with Gasteiger partial charge in [-0.1, -0.05) is 37.6 Å². The highest BCUT2D eigenvalue weighted by atomic mass is 16.1. The fourth-order valence-electron chi connectivity index (χ4n) is 3.01. The van der Waals surface area contributed by atoms with E-state index in [9.17, 15) is 9.59 Å². The van der Waals surface area contributed by atoms with Crippen LogP contribution in [0.25, 0.3) is 5.57 Å². The smallest absolute Gasteiger partial charge is 0.196 e. The number of carbonyl (C=O) groups is 2. The summed E-state index contributed by atoms with van der Waals surface area (Å²) in [5.74, 6) is -0.536. The molecule has 4 N–H and O–H groups in total. The molecular weight excluding hydrogens is 300 g/mol. The van der Waals surface area contributed by atoms with E-state index in [0.717, 1.165) is 24.8 Å². The Balaban J connectivity index is 2.01. The number of ketones is 2. The Morgan fingerprint density at radius 2 is 1.62 bits per heavy atom. The summed E-state index contributed by atoms with van der Waals surface area (Å²) in [6, 6.07) is 7.89. The molecule has 4 heteroatoms. The lowest BCUT2D eigenvalue weighted by Gasteiger charge is -2.22. The van der Waals surface area contributed by atoms with Crippen molar-refractivity contribution in [3.8, 4) is 0 Å². The molecule has 0 unspecified atom stereocenters. The molecule has 0 spiro atoms. The van der Waals surface area contributed by atoms with Crippen LogP contribution in [0.3, 0.4) is 0 Å². The number of rotatable bonds is 4. The molecule has 0 saturated heterocycles. The molecular formula is C20H20N2O2. The quantitative estimate of drug-likeness (QED) is 0.892. The van der Waals surface area contributed by atoms with Crippen molar-refractivity contribution < 1.29 is 9.59 Å². The first-order valence-electron chi connectivity index (χ1n) is 8.11. The summed E-state index contributed by atoms with van der Waals surface area (Å²) in [7, 11) is 0. The monoisotopic (exact) mass is 320 g/mol. The van der Waals surface area contributed by atoms with Crippen LogP contribution in [0.5, 0.6) is 0 Å². The van der Waals surface area contributed by atoms with Crippen LogP contribution in [0.15, 0.2) is 65.0 Å². The minimum atomic E-state index is -0.282. The second kappa shape index (κ2) is 6.32. The predicted molar refractivity (Wildman–Crippen MR) is 94.6 cm³/mol. The van der Waals surface area contributed by atoms with Gasteiger partial charge < -0.3 is 11.5 Å². The molecule has 0 fully saturated rings. The van der Waals surface area contributed by atoms with Gasteiger partial charge in [0.15, 0.2) is 11.6 Å². The Bertz CT molecular complexity index is 837. The maximum atomic E-state index is 12.8. The van der Waals surface area contributed by atoms with Crippen LogP contribution in [0.1, 0.15) is 30.9 Å². The summed E-state index contributed by atoms with van der Waals surface area (Å²) in [5, 5.41) is 0. The predicted octanol–water partition coefficient (Wildman–Crippen LogP) is 2.56. The molecule has 0 bridgehead atoms. The number of aryl methyl sites for hydroxylation is 1. The number of nitrogens with two attached hydrogens (primary N) is 2. The van der Waals surface area contributed by atoms with E-state index in [1.165, 1.54) is 17.7 Å². The minimum Gasteiger partial charge on any atom is -0.398 e. The molecule has 1 aromatic carbocycles. The first-order chi connectivity index (χ1) is 11.5. The van der Waals surface area contributed by atoms with Crippen molar-refractivity contribution in [2.24, 2.45) is 11.5 Å². The zero-order chi connectivity index (χ0) is 17.3. The third-order valence-corrected chi connectivity index (χ3v) is 4.34. The van der Waals surface area contributed by atoms with Crippen LogP contribution in [-0.2, 0) is 16.0 Å². The molecule has 2 aliphatic rings. The normalized spacial score (nSPS) is 17.3. The van der Waals surface area contributed by atoms with Crippen molar-refractivity contribution in [1.29, 1.82) is 0 Å². The van der Waals surface area contributed by atoms with E-state index in [1.807, 2.05) is 24.3 Å². The number of Topliss-reactive ketones (excluding diaryl/α,β-unsaturated/α-hetero) is 1. The topological polar surface area (TPSA) is 86.2 Å². The van der Waals surface area contributed by atoms with E-state index >= 15 is 0 Å². The molecule has 122 valence electrons. The van der Waals surface area contributed by atoms with Crippen molar-refractivity contribution >= 4 is 17.1 Å². The lowest BCUT2D eigenvalue weighted by atomic mass is 9.81. The number of hydrogen-bond acceptors (Lipinski definition) is 4. The zero-order valence-electron chi connectivity index (χ0n) is 13.6. The molecule has 24 heavy (non-hydrogen) atoms. The van der Waals surface area contributed by atoms with Crippen LogP contribution in [0.4, 0.5) is 0 Å². The van der Waals surface area contributed by atoms with Gasteiger partial charge in [-0.15, -0.1) is 0 Å². The summed E-state index contributed by atoms with van der Waals surface area (Å²) < 4.78 is 0. The van der Waals surface area contributed by atoms with Gasteiger partial charge in [0.2, 0.25) is 0 Å². The van der Waals surface area contributed by atoms with Crippen molar-refractivity contribution in [2.45, 2.75) is 26.2 Å². The summed E-state index contributed by atoms with van der Waals surface area (Å²) in [6.45, 7) is 2.16. The second-order valence-corrected chi connectivity index (χ2v) is 6.05. The third-order valence-electron chi connectivity index (χ3n) is 4.34. The van der Waals surface area contributed by atoms with E-state index in [1.54, 1.807) is 6.08 Å². The second-order valence-electron chi connectivity index (χ2n) is 6.05. The van der Waals surface area contributed by atoms with Gasteiger partial charge >= 0.3 is 0 Å². The van der Waals surface area contributed by atoms with Crippen molar-refractivity contribution in [1.82, 2.24) is 0 Å². The molecule has 0 radical (unpaired) electrons. The van der Waals surface area contributed by atoms with Gasteiger partial charge in [-0.25, -0.2) is 0 Å². The summed E-state index contributed by atoms with van der Waals surface area (Å²) in [4.78, 5) is 24.9. The largest absolute Gasteiger partial charge is 0.398 e. The number of benzene rings is 1. The highest BCUT2D eigenvalue weighted by molar-refractivity contribution is 6.36. The molecule has 1 aromatic rings. The third kappa shape index (κ3) is 2.71. The SMILES string of the molecule is CCCCc1ccc(C2=CC(N)=C3C(=O)C=CC(N)=C3C2=O)cc1. The summed E-state index contributed by atoms with van der Waals surface area (Å²) in [6.07, 6.45) is 7.68. The lowest BCUT2D eigenvalue weighted by Crippen LogP contribution is -2.26. The fraction of sp³-hybridized carbons (Fsp3) is 0.200. The summed E-state index contributed by atoms with van der Waals surface area (Å²) >= 11 is 0. The first kappa shape index (κ1) is 16.0. The van der Waals surface area contributed by atoms with E-state index in [4.69, 9.17) is 11.5 Å². The van der Waals surface area contributed by atoms with Gasteiger partial charge in [0.1, 0.15) is 0 Å². The molecule has 0 aliphatic heterocycles. The zero-order valence-corrected chi connectivity index (χ0v) is 13.6. The van der Waals surface area contributed by atoms with Crippen molar-refractivity contribution in [3.05, 3.63) is 76.2 Å². The molecule has 2 aliphatic carbocycles. The van der Waals surface area contributed by atoms with Crippen LogP contribution < -0.4 is 11.5 Å². The van der Waals surface area contributed by atoms with Gasteiger partial charge in [-0.2, -0.15) is 0 Å². The van der Waals surface area contributed by atoms with E-state index in [-0.39, 0.29) is 34.1 Å². The van der Waals surface area contributed by atoms with Gasteiger partial charge in [0.25, 0.3) is 0 Å². The maximum absolute atomic E-state index is 12.8. The maximum Gasteiger partial charge on any atom is 0.196 e. The Kier molecular flexibility index (Phi) is 4.21. The number of fused-ring (bicyclic) bond motifs is 1. The van der Waals surface area contributed by atoms with Crippen LogP contribution in [0, 0.1) is 0 Å². The number of unbranched alkanes of at least 4 members (excludes halogenated alkanes) is 1. The summed E-state index contributed by atoms with van der Waals surface area (Å²) in [5.41, 5.74) is 15.4. The minimum absolute atomic E-state index is 0.211. The van der Waals surface area contributed by atoms with Gasteiger partial charge in [0, 0.05) is 17.0 Å². The van der Waals surface area contributed by atoms with Crippen molar-refractivity contribution in [3.63, 3.8) is 0 Å². The lowest BCUT2D eigenvalue weighted by molar-refractivity contribution is -0.113. The standard InChI is InChI=1S/C20H20N2O2/c1-2-3-4-12-5-7-13(8-6-12)14-11-16(22)18-17(23)10-9-15(21)19(18)20(14)24/h5-11H,2-4,21-22H2,1H3. The fourth-order valence-corrected chi connectivity index (χ4v) is 3.01. The first-order valence-corrected chi connectivity index (χ1v) is 8.11. The Morgan fingerprint density at radius 1 is 0.917 bits per heavy atom. The molecule has 0 heterocycles. The molecule has 0 atom stereocenters. The van der Waals surface area contributed by atoms with Gasteiger partial charge in [-0.3, -0.25) is 9.59 Å². The Morgan fingerprint density at radius 3 is 2.29 bits per heavy atom. The average molecular weight is 320 g/mol. The van der Waals surface area contributed by atoms with Gasteiger partial charge in [-0.05, 0) is 42.2 Å². The molecule has 0 amide bonds. The number of hydrogen-bond donors (Lipinski definition) is 2. The molecule has 0 aromatic heterocycles. The van der Waals surface area contributed by atoms with E-state index in [0.29, 0.717) is 5.57 Å². The molecule has 3 rings (SSSR count). The average Bonchev–Trinajstić information content (AvgIpc) is 2.59.